The highest BCUT2D eigenvalue weighted by Gasteiger charge is 2.95. The van der Waals surface area contributed by atoms with Crippen molar-refractivity contribution in [2.75, 3.05) is 0 Å². The maximum atomic E-state index is 8.55. The van der Waals surface area contributed by atoms with Crippen LogP contribution in [0.5, 0.6) is 0 Å². The van der Waals surface area contributed by atoms with E-state index < -0.39 is 17.1 Å². The Morgan fingerprint density at radius 2 is 1.08 bits per heavy atom. The van der Waals surface area contributed by atoms with Gasteiger partial charge in [-0.3, -0.25) is 0 Å². The molecule has 0 aromatic carbocycles. The summed E-state index contributed by atoms with van der Waals surface area (Å²) in [5.74, 6) is 0. The van der Waals surface area contributed by atoms with Crippen LogP contribution in [-0.4, -0.2) is 22.0 Å². The summed E-state index contributed by atoms with van der Waals surface area (Å²) in [5.41, 5.74) is -2.35. The third-order valence-electron chi connectivity index (χ3n) is 2.36. The van der Waals surface area contributed by atoms with Gasteiger partial charge in [0.2, 0.25) is 11.1 Å². The minimum Gasteiger partial charge on any atom is -0.229 e. The summed E-state index contributed by atoms with van der Waals surface area (Å²) in [5, 5.41) is 34.2. The molecule has 2 fully saturated rings. The Morgan fingerprint density at radius 1 is 0.833 bits per heavy atom. The SMILES string of the molecule is N#CC1(C#N)C2N1C2(C#N)C#N. The van der Waals surface area contributed by atoms with Gasteiger partial charge in [-0.05, 0) is 0 Å². The van der Waals surface area contributed by atoms with E-state index in [-0.39, 0.29) is 0 Å². The van der Waals surface area contributed by atoms with Crippen molar-refractivity contribution in [1.82, 2.24) is 4.90 Å². The highest BCUT2D eigenvalue weighted by Crippen LogP contribution is 2.67. The first-order chi connectivity index (χ1) is 5.73. The Kier molecular flexibility index (Phi) is 0.778. The van der Waals surface area contributed by atoms with Gasteiger partial charge in [0.15, 0.2) is 0 Å². The van der Waals surface area contributed by atoms with Crippen LogP contribution in [0, 0.1) is 45.3 Å². The monoisotopic (exact) mass is 155 g/mol. The van der Waals surface area contributed by atoms with E-state index >= 15 is 0 Å². The molecule has 2 rings (SSSR count). The van der Waals surface area contributed by atoms with Crippen LogP contribution in [-0.2, 0) is 0 Å². The second kappa shape index (κ2) is 1.41. The Labute approximate surface area is 68.2 Å². The molecule has 2 saturated heterocycles. The zero-order chi connectivity index (χ0) is 8.98. The Balaban J connectivity index is 2.30. The summed E-state index contributed by atoms with van der Waals surface area (Å²) >= 11 is 0. The summed E-state index contributed by atoms with van der Waals surface area (Å²) < 4.78 is 0. The molecular formula is C7HN5. The molecular weight excluding hydrogens is 154 g/mol. The summed E-state index contributed by atoms with van der Waals surface area (Å²) in [6.07, 6.45) is 0. The van der Waals surface area contributed by atoms with Crippen LogP contribution < -0.4 is 0 Å². The molecule has 2 aliphatic heterocycles. The fraction of sp³-hybridized carbons (Fsp3) is 0.429. The molecule has 12 heavy (non-hydrogen) atoms. The third-order valence-corrected chi connectivity index (χ3v) is 2.36. The Morgan fingerprint density at radius 3 is 1.25 bits per heavy atom. The lowest BCUT2D eigenvalue weighted by Gasteiger charge is -2.10. The van der Waals surface area contributed by atoms with Crippen molar-refractivity contribution < 1.29 is 0 Å². The van der Waals surface area contributed by atoms with Crippen LogP contribution >= 0.6 is 0 Å². The van der Waals surface area contributed by atoms with Crippen LogP contribution in [0.2, 0.25) is 0 Å². The number of nitrogens with zero attached hydrogens (tertiary/aromatic N) is 5. The molecule has 0 radical (unpaired) electrons. The number of fused-ring (bicyclic) bond motifs is 1. The molecule has 0 bridgehead atoms. The maximum absolute atomic E-state index is 8.55. The molecule has 0 N–H and O–H groups in total. The van der Waals surface area contributed by atoms with Crippen LogP contribution in [0.25, 0.3) is 0 Å². The van der Waals surface area contributed by atoms with E-state index in [0.29, 0.717) is 0 Å². The minimum atomic E-state index is -1.18. The Bertz CT molecular complexity index is 341. The van der Waals surface area contributed by atoms with Gasteiger partial charge in [-0.1, -0.05) is 0 Å². The predicted molar refractivity (Wildman–Crippen MR) is 33.5 cm³/mol. The first kappa shape index (κ1) is 6.62. The summed E-state index contributed by atoms with van der Waals surface area (Å²) in [6.45, 7) is 0. The zero-order valence-electron chi connectivity index (χ0n) is 5.81. The molecule has 5 nitrogen and oxygen atoms in total. The second-order valence-corrected chi connectivity index (χ2v) is 2.75. The number of nitriles is 4. The number of hydrogen-bond acceptors (Lipinski definition) is 5. The summed E-state index contributed by atoms with van der Waals surface area (Å²) in [6, 6.07) is 6.67. The quantitative estimate of drug-likeness (QED) is 0.429. The van der Waals surface area contributed by atoms with Crippen molar-refractivity contribution in [3.8, 4) is 24.3 Å². The molecule has 0 atom stereocenters. The molecule has 5 heteroatoms. The van der Waals surface area contributed by atoms with Gasteiger partial charge in [-0.2, -0.15) is 21.0 Å². The third kappa shape index (κ3) is 0.330. The molecule has 2 aliphatic rings. The van der Waals surface area contributed by atoms with E-state index in [4.69, 9.17) is 21.0 Å². The lowest BCUT2D eigenvalue weighted by molar-refractivity contribution is 0.505. The van der Waals surface area contributed by atoms with E-state index in [1.54, 1.807) is 24.3 Å². The fourth-order valence-corrected chi connectivity index (χ4v) is 1.61. The van der Waals surface area contributed by atoms with Gasteiger partial charge < -0.3 is 0 Å². The smallest absolute Gasteiger partial charge is 0.218 e. The summed E-state index contributed by atoms with van der Waals surface area (Å²) in [4.78, 5) is 1.32. The van der Waals surface area contributed by atoms with Crippen molar-refractivity contribution in [1.29, 1.82) is 21.0 Å². The first-order valence-corrected chi connectivity index (χ1v) is 3.18. The van der Waals surface area contributed by atoms with Crippen LogP contribution in [0.4, 0.5) is 0 Å². The van der Waals surface area contributed by atoms with Crippen molar-refractivity contribution in [3.63, 3.8) is 0 Å². The van der Waals surface area contributed by atoms with Gasteiger partial charge in [-0.25, -0.2) is 4.90 Å². The normalized spacial score (nSPS) is 35.7. The van der Waals surface area contributed by atoms with E-state index in [9.17, 15) is 0 Å². The van der Waals surface area contributed by atoms with Crippen LogP contribution in [0.3, 0.4) is 0 Å². The average molecular weight is 155 g/mol. The van der Waals surface area contributed by atoms with Gasteiger partial charge in [0.1, 0.15) is 30.3 Å². The van der Waals surface area contributed by atoms with Gasteiger partial charge in [0.25, 0.3) is 0 Å². The molecule has 0 spiro atoms. The lowest BCUT2D eigenvalue weighted by atomic mass is 9.92. The highest BCUT2D eigenvalue weighted by molar-refractivity contribution is 5.65. The Hall–Kier alpha value is -2.08. The molecule has 0 aromatic heterocycles. The summed E-state index contributed by atoms with van der Waals surface area (Å²) in [7, 11) is 0. The standard InChI is InChI=1S/C7HN5/c8-1-6(2-9)5-7(3-10,4-11)12(5)6/h5H. The van der Waals surface area contributed by atoms with Crippen LogP contribution in [0.1, 0.15) is 0 Å². The maximum Gasteiger partial charge on any atom is 0.218 e. The predicted octanol–water partition coefficient (Wildman–Crippen LogP) is -0.744. The van der Waals surface area contributed by atoms with Crippen molar-refractivity contribution >= 4 is 0 Å². The van der Waals surface area contributed by atoms with Gasteiger partial charge in [0, 0.05) is 0 Å². The number of rotatable bonds is 0. The van der Waals surface area contributed by atoms with Gasteiger partial charge in [-0.15, -0.1) is 0 Å². The van der Waals surface area contributed by atoms with E-state index in [1.807, 2.05) is 0 Å². The van der Waals surface area contributed by atoms with Crippen molar-refractivity contribution in [2.45, 2.75) is 17.1 Å². The highest BCUT2D eigenvalue weighted by atomic mass is 15.6. The molecule has 0 saturated carbocycles. The van der Waals surface area contributed by atoms with E-state index in [1.165, 1.54) is 4.90 Å². The second-order valence-electron chi connectivity index (χ2n) is 2.75. The van der Waals surface area contributed by atoms with Crippen molar-refractivity contribution in [2.24, 2.45) is 0 Å². The molecule has 0 aromatic rings. The fourth-order valence-electron chi connectivity index (χ4n) is 1.61. The van der Waals surface area contributed by atoms with Gasteiger partial charge in [0.05, 0.1) is 0 Å². The molecule has 0 amide bonds. The minimum absolute atomic E-state index is 0.477. The van der Waals surface area contributed by atoms with E-state index in [2.05, 4.69) is 0 Å². The number of hydrogen-bond donors (Lipinski definition) is 0. The lowest BCUT2D eigenvalue weighted by Crippen LogP contribution is -2.38. The van der Waals surface area contributed by atoms with Crippen LogP contribution in [0.15, 0.2) is 0 Å². The van der Waals surface area contributed by atoms with E-state index in [0.717, 1.165) is 0 Å². The van der Waals surface area contributed by atoms with Gasteiger partial charge >= 0.3 is 0 Å². The topological polar surface area (TPSA) is 98.2 Å². The molecule has 2 heterocycles. The zero-order valence-corrected chi connectivity index (χ0v) is 5.81. The average Bonchev–Trinajstić information content (AvgIpc) is 2.96. The van der Waals surface area contributed by atoms with Crippen molar-refractivity contribution in [3.05, 3.63) is 0 Å². The molecule has 0 aliphatic carbocycles. The molecule has 0 unspecified atom stereocenters. The largest absolute Gasteiger partial charge is 0.229 e. The first-order valence-electron chi connectivity index (χ1n) is 3.18. The molecule has 54 valence electrons.